The first kappa shape index (κ1) is 7.04. The number of hydrogen-bond donors (Lipinski definition) is 0. The summed E-state index contributed by atoms with van der Waals surface area (Å²) < 4.78 is 2.09. The van der Waals surface area contributed by atoms with Crippen LogP contribution in [-0.4, -0.2) is 4.40 Å². The van der Waals surface area contributed by atoms with Gasteiger partial charge in [-0.05, 0) is 0 Å². The molecule has 0 aliphatic heterocycles. The molecular weight excluding hydrogens is 256 g/mol. The Bertz CT molecular complexity index is 101. The molecule has 0 saturated heterocycles. The summed E-state index contributed by atoms with van der Waals surface area (Å²) in [6.45, 7) is 7.12. The molecule has 0 aliphatic rings. The van der Waals surface area contributed by atoms with Crippen molar-refractivity contribution in [3.8, 4) is 0 Å². The Kier molecular flexibility index (Phi) is 4.23. The van der Waals surface area contributed by atoms with Gasteiger partial charge in [0.05, 0.1) is 0 Å². The number of rotatable bonds is 2. The molecule has 0 saturated carbocycles. The Morgan fingerprint density at radius 1 is 1.71 bits per heavy atom. The molecule has 0 unspecified atom stereocenters. The quantitative estimate of drug-likeness (QED) is 0.520. The molecule has 0 amide bonds. The average molecular weight is 263 g/mol. The molecule has 0 bridgehead atoms. The second kappa shape index (κ2) is 4.20. The second-order valence-corrected chi connectivity index (χ2v) is 2.07. The first-order chi connectivity index (χ1) is 3.31. The van der Waals surface area contributed by atoms with Crippen LogP contribution in [0.15, 0.2) is 17.7 Å². The summed E-state index contributed by atoms with van der Waals surface area (Å²) in [4.78, 5) is 0. The fourth-order valence-electron chi connectivity index (χ4n) is 0.191. The molecule has 0 fully saturated rings. The Hall–Kier alpha value is 0.0383. The molecule has 38 valence electrons. The van der Waals surface area contributed by atoms with E-state index in [9.17, 15) is 0 Å². The van der Waals surface area contributed by atoms with Crippen molar-refractivity contribution in [3.63, 3.8) is 0 Å². The van der Waals surface area contributed by atoms with E-state index in [0.717, 1.165) is 0 Å². The summed E-state index contributed by atoms with van der Waals surface area (Å²) in [5, 5.41) is 0. The summed E-state index contributed by atoms with van der Waals surface area (Å²) in [5.74, 6) is 0. The molecule has 0 rings (SSSR count). The van der Waals surface area contributed by atoms with Gasteiger partial charge in [-0.25, -0.2) is 0 Å². The van der Waals surface area contributed by atoms with Crippen molar-refractivity contribution in [2.45, 2.75) is 6.92 Å². The number of hydrogen-bond acceptors (Lipinski definition) is 0. The minimum atomic E-state index is 1.23. The predicted molar refractivity (Wildman–Crippen MR) is 28.7 cm³/mol. The van der Waals surface area contributed by atoms with Crippen LogP contribution < -0.4 is 0 Å². The van der Waals surface area contributed by atoms with E-state index < -0.39 is 0 Å². The van der Waals surface area contributed by atoms with E-state index in [0.29, 0.717) is 0 Å². The van der Waals surface area contributed by atoms with Crippen LogP contribution in [0, 0.1) is 6.58 Å². The fourth-order valence-corrected chi connectivity index (χ4v) is 0.473. The SMILES string of the molecule is [CH-]=C/C=C(/C)[CH]=[W]. The summed E-state index contributed by atoms with van der Waals surface area (Å²) in [5.41, 5.74) is 1.23. The van der Waals surface area contributed by atoms with Crippen LogP contribution in [0.3, 0.4) is 0 Å². The maximum absolute atomic E-state index is 5.09. The molecule has 0 radical (unpaired) electrons. The van der Waals surface area contributed by atoms with E-state index in [1.165, 1.54) is 24.9 Å². The summed E-state index contributed by atoms with van der Waals surface area (Å²) >= 11 is 1.46. The Labute approximate surface area is 55.3 Å². The van der Waals surface area contributed by atoms with Gasteiger partial charge >= 0.3 is 55.0 Å². The van der Waals surface area contributed by atoms with Crippen LogP contribution in [-0.2, 0) is 19.4 Å². The molecule has 0 aromatic heterocycles. The average Bonchev–Trinajstić information content (AvgIpc) is 1.68. The van der Waals surface area contributed by atoms with Gasteiger partial charge in [-0.1, -0.05) is 0 Å². The van der Waals surface area contributed by atoms with Crippen molar-refractivity contribution in [1.82, 2.24) is 0 Å². The number of allylic oxidation sites excluding steroid dienone is 3. The molecule has 0 nitrogen and oxygen atoms in total. The van der Waals surface area contributed by atoms with Crippen molar-refractivity contribution in [1.29, 1.82) is 0 Å². The van der Waals surface area contributed by atoms with Gasteiger partial charge in [-0.2, -0.15) is 0 Å². The summed E-state index contributed by atoms with van der Waals surface area (Å²) in [7, 11) is 0. The van der Waals surface area contributed by atoms with Gasteiger partial charge in [0.25, 0.3) is 0 Å². The van der Waals surface area contributed by atoms with E-state index >= 15 is 0 Å². The molecule has 1 heteroatoms. The van der Waals surface area contributed by atoms with Crippen molar-refractivity contribution < 1.29 is 19.4 Å². The third-order valence-corrected chi connectivity index (χ3v) is 1.88. The van der Waals surface area contributed by atoms with Gasteiger partial charge in [-0.15, -0.1) is 0 Å². The van der Waals surface area contributed by atoms with Crippen LogP contribution >= 0.6 is 0 Å². The maximum atomic E-state index is 5.09. The molecule has 0 N–H and O–H groups in total. The van der Waals surface area contributed by atoms with E-state index in [1.807, 2.05) is 13.0 Å². The topological polar surface area (TPSA) is 0 Å². The van der Waals surface area contributed by atoms with Crippen molar-refractivity contribution >= 4 is 4.40 Å². The zero-order chi connectivity index (χ0) is 5.70. The Morgan fingerprint density at radius 3 is 2.43 bits per heavy atom. The van der Waals surface area contributed by atoms with E-state index in [2.05, 4.69) is 4.40 Å². The second-order valence-electron chi connectivity index (χ2n) is 1.22. The fraction of sp³-hybridized carbons (Fsp3) is 0.167. The van der Waals surface area contributed by atoms with E-state index in [1.54, 1.807) is 6.08 Å². The standard InChI is InChI=1S/C6H7.W/c1-4-5-6(2)3;/h1-2,4-5H,3H3;/q-1;/b6-5+;. The van der Waals surface area contributed by atoms with Gasteiger partial charge in [0.2, 0.25) is 0 Å². The van der Waals surface area contributed by atoms with Gasteiger partial charge < -0.3 is 0 Å². The van der Waals surface area contributed by atoms with Crippen LogP contribution in [0.2, 0.25) is 0 Å². The van der Waals surface area contributed by atoms with Crippen LogP contribution in [0.1, 0.15) is 6.92 Å². The monoisotopic (exact) mass is 263 g/mol. The zero-order valence-electron chi connectivity index (χ0n) is 4.22. The molecular formula is C6H7W-. The minimum absolute atomic E-state index is 1.23. The van der Waals surface area contributed by atoms with Gasteiger partial charge in [0, 0.05) is 0 Å². The molecule has 7 heavy (non-hydrogen) atoms. The molecule has 0 aliphatic carbocycles. The van der Waals surface area contributed by atoms with Crippen molar-refractivity contribution in [2.75, 3.05) is 0 Å². The Morgan fingerprint density at radius 2 is 2.29 bits per heavy atom. The van der Waals surface area contributed by atoms with Gasteiger partial charge in [0.15, 0.2) is 0 Å². The summed E-state index contributed by atoms with van der Waals surface area (Å²) in [6, 6.07) is 0. The molecule has 0 atom stereocenters. The van der Waals surface area contributed by atoms with Crippen LogP contribution in [0.25, 0.3) is 0 Å². The molecule has 0 spiro atoms. The predicted octanol–water partition coefficient (Wildman–Crippen LogP) is 1.27. The molecule has 0 aromatic carbocycles. The zero-order valence-corrected chi connectivity index (χ0v) is 7.15. The normalized spacial score (nSPS) is 10.7. The van der Waals surface area contributed by atoms with Gasteiger partial charge in [0.1, 0.15) is 0 Å². The van der Waals surface area contributed by atoms with E-state index in [-0.39, 0.29) is 0 Å². The Balaban J connectivity index is 3.72. The van der Waals surface area contributed by atoms with E-state index in [4.69, 9.17) is 6.58 Å². The molecule has 0 aromatic rings. The van der Waals surface area contributed by atoms with Crippen molar-refractivity contribution in [2.24, 2.45) is 0 Å². The van der Waals surface area contributed by atoms with Crippen LogP contribution in [0.4, 0.5) is 0 Å². The molecule has 0 heterocycles. The first-order valence-corrected chi connectivity index (χ1v) is 3.67. The van der Waals surface area contributed by atoms with Crippen molar-refractivity contribution in [3.05, 3.63) is 24.3 Å². The van der Waals surface area contributed by atoms with Gasteiger partial charge in [-0.3, -0.25) is 0 Å². The van der Waals surface area contributed by atoms with Crippen LogP contribution in [0.5, 0.6) is 0 Å². The summed E-state index contributed by atoms with van der Waals surface area (Å²) in [6.07, 6.45) is 3.43. The third kappa shape index (κ3) is 3.88. The third-order valence-electron chi connectivity index (χ3n) is 0.545. The first-order valence-electron chi connectivity index (χ1n) is 1.98.